The normalized spacial score (nSPS) is 11.3. The molecule has 0 bridgehead atoms. The van der Waals surface area contributed by atoms with Crippen LogP contribution >= 0.6 is 0 Å². The van der Waals surface area contributed by atoms with E-state index >= 15 is 0 Å². The van der Waals surface area contributed by atoms with E-state index in [2.05, 4.69) is 20.7 Å². The molecule has 2 N–H and O–H groups in total. The molecule has 0 fully saturated rings. The number of aromatic nitrogens is 2. The van der Waals surface area contributed by atoms with Crippen LogP contribution in [0.4, 0.5) is 4.39 Å². The monoisotopic (exact) mass is 381 g/mol. The van der Waals surface area contributed by atoms with Crippen LogP contribution in [0.1, 0.15) is 11.3 Å². The summed E-state index contributed by atoms with van der Waals surface area (Å²) in [5, 5.41) is 11.0. The van der Waals surface area contributed by atoms with Crippen LogP contribution in [0.25, 0.3) is 5.69 Å². The molecule has 0 spiro atoms. The van der Waals surface area contributed by atoms with Gasteiger partial charge in [-0.25, -0.2) is 9.07 Å². The lowest BCUT2D eigenvalue weighted by Crippen LogP contribution is -2.38. The number of hydrogen-bond donors (Lipinski definition) is 2. The first-order valence-electron chi connectivity index (χ1n) is 9.06. The molecule has 7 heteroatoms. The second-order valence-electron chi connectivity index (χ2n) is 6.14. The van der Waals surface area contributed by atoms with Crippen LogP contribution in [0.5, 0.6) is 5.75 Å². The van der Waals surface area contributed by atoms with Crippen LogP contribution in [-0.2, 0) is 13.0 Å². The van der Waals surface area contributed by atoms with Gasteiger partial charge in [0.2, 0.25) is 0 Å². The Morgan fingerprint density at radius 3 is 2.61 bits per heavy atom. The standard InChI is InChI=1S/C21H24FN5O/c1-23-21(24-13-11-16-5-3-4-6-20(16)22)25-15-17-12-14-27(26-17)18-7-9-19(28-2)10-8-18/h3-10,12,14H,11,13,15H2,1-2H3,(H2,23,24,25). The third-order valence-electron chi connectivity index (χ3n) is 4.29. The molecule has 0 atom stereocenters. The summed E-state index contributed by atoms with van der Waals surface area (Å²) in [6, 6.07) is 16.4. The largest absolute Gasteiger partial charge is 0.497 e. The summed E-state index contributed by atoms with van der Waals surface area (Å²) in [6.45, 7) is 1.11. The van der Waals surface area contributed by atoms with E-state index in [4.69, 9.17) is 4.74 Å². The number of ether oxygens (including phenoxy) is 1. The predicted molar refractivity (Wildman–Crippen MR) is 108 cm³/mol. The van der Waals surface area contributed by atoms with Gasteiger partial charge in [-0.15, -0.1) is 0 Å². The van der Waals surface area contributed by atoms with E-state index in [-0.39, 0.29) is 5.82 Å². The van der Waals surface area contributed by atoms with Gasteiger partial charge in [0.15, 0.2) is 5.96 Å². The molecule has 0 aliphatic rings. The molecule has 2 aromatic carbocycles. The van der Waals surface area contributed by atoms with Gasteiger partial charge in [-0.2, -0.15) is 5.10 Å². The molecular weight excluding hydrogens is 357 g/mol. The smallest absolute Gasteiger partial charge is 0.191 e. The average Bonchev–Trinajstić information content (AvgIpc) is 3.21. The molecular formula is C21H24FN5O. The topological polar surface area (TPSA) is 63.5 Å². The molecule has 6 nitrogen and oxygen atoms in total. The summed E-state index contributed by atoms with van der Waals surface area (Å²) in [5.41, 5.74) is 2.52. The highest BCUT2D eigenvalue weighted by Gasteiger charge is 2.05. The number of nitrogens with zero attached hydrogens (tertiary/aromatic N) is 3. The van der Waals surface area contributed by atoms with Gasteiger partial charge in [0.1, 0.15) is 11.6 Å². The van der Waals surface area contributed by atoms with Crippen LogP contribution in [-0.4, -0.2) is 36.4 Å². The van der Waals surface area contributed by atoms with E-state index in [1.807, 2.05) is 47.3 Å². The Labute approximate surface area is 164 Å². The van der Waals surface area contributed by atoms with Gasteiger partial charge in [-0.3, -0.25) is 4.99 Å². The summed E-state index contributed by atoms with van der Waals surface area (Å²) in [4.78, 5) is 4.19. The number of halogens is 1. The third-order valence-corrected chi connectivity index (χ3v) is 4.29. The van der Waals surface area contributed by atoms with Crippen LogP contribution in [0.15, 0.2) is 65.8 Å². The van der Waals surface area contributed by atoms with Crippen molar-refractivity contribution in [1.29, 1.82) is 0 Å². The number of nitrogens with one attached hydrogen (secondary N) is 2. The summed E-state index contributed by atoms with van der Waals surface area (Å²) < 4.78 is 20.6. The van der Waals surface area contributed by atoms with Crippen molar-refractivity contribution in [2.75, 3.05) is 20.7 Å². The van der Waals surface area contributed by atoms with Crippen molar-refractivity contribution in [1.82, 2.24) is 20.4 Å². The highest BCUT2D eigenvalue weighted by molar-refractivity contribution is 5.79. The Kier molecular flexibility index (Phi) is 6.62. The number of hydrogen-bond acceptors (Lipinski definition) is 3. The van der Waals surface area contributed by atoms with Gasteiger partial charge >= 0.3 is 0 Å². The third kappa shape index (κ3) is 5.09. The maximum atomic E-state index is 13.7. The minimum absolute atomic E-state index is 0.184. The van der Waals surface area contributed by atoms with E-state index in [9.17, 15) is 4.39 Å². The van der Waals surface area contributed by atoms with Gasteiger partial charge in [0.05, 0.1) is 25.0 Å². The van der Waals surface area contributed by atoms with Gasteiger partial charge in [-0.1, -0.05) is 18.2 Å². The van der Waals surface area contributed by atoms with E-state index < -0.39 is 0 Å². The Morgan fingerprint density at radius 2 is 1.89 bits per heavy atom. The quantitative estimate of drug-likeness (QED) is 0.488. The lowest BCUT2D eigenvalue weighted by atomic mass is 10.1. The maximum absolute atomic E-state index is 13.7. The lowest BCUT2D eigenvalue weighted by molar-refractivity contribution is 0.414. The molecule has 0 unspecified atom stereocenters. The SMILES string of the molecule is CN=C(NCCc1ccccc1F)NCc1ccn(-c2ccc(OC)cc2)n1. The number of benzene rings is 2. The Morgan fingerprint density at radius 1 is 1.11 bits per heavy atom. The van der Waals surface area contributed by atoms with Crippen molar-refractivity contribution >= 4 is 5.96 Å². The fraction of sp³-hybridized carbons (Fsp3) is 0.238. The number of aliphatic imine (C=N–C) groups is 1. The predicted octanol–water partition coefficient (Wildman–Crippen LogP) is 2.93. The Balaban J connectivity index is 1.50. The van der Waals surface area contributed by atoms with Crippen molar-refractivity contribution in [3.63, 3.8) is 0 Å². The lowest BCUT2D eigenvalue weighted by Gasteiger charge is -2.11. The molecule has 0 aliphatic carbocycles. The number of guanidine groups is 1. The molecule has 0 saturated carbocycles. The molecule has 0 radical (unpaired) electrons. The summed E-state index contributed by atoms with van der Waals surface area (Å²) in [6.07, 6.45) is 2.49. The second-order valence-corrected chi connectivity index (χ2v) is 6.14. The van der Waals surface area contributed by atoms with Gasteiger partial charge in [-0.05, 0) is 48.4 Å². The molecule has 0 saturated heterocycles. The molecule has 146 valence electrons. The minimum atomic E-state index is -0.184. The number of rotatable bonds is 7. The fourth-order valence-electron chi connectivity index (χ4n) is 2.75. The highest BCUT2D eigenvalue weighted by Crippen LogP contribution is 2.14. The number of methoxy groups -OCH3 is 1. The average molecular weight is 381 g/mol. The molecule has 1 heterocycles. The zero-order valence-electron chi connectivity index (χ0n) is 16.0. The van der Waals surface area contributed by atoms with Crippen molar-refractivity contribution in [2.24, 2.45) is 4.99 Å². The van der Waals surface area contributed by atoms with Gasteiger partial charge in [0.25, 0.3) is 0 Å². The molecule has 1 aromatic heterocycles. The first-order valence-corrected chi connectivity index (χ1v) is 9.06. The molecule has 0 amide bonds. The van der Waals surface area contributed by atoms with Crippen molar-refractivity contribution in [3.05, 3.63) is 77.9 Å². The van der Waals surface area contributed by atoms with E-state index in [0.29, 0.717) is 31.0 Å². The second kappa shape index (κ2) is 9.55. The minimum Gasteiger partial charge on any atom is -0.497 e. The molecule has 0 aliphatic heterocycles. The zero-order chi connectivity index (χ0) is 19.8. The molecule has 3 aromatic rings. The van der Waals surface area contributed by atoms with Crippen LogP contribution in [0.3, 0.4) is 0 Å². The first-order chi connectivity index (χ1) is 13.7. The van der Waals surface area contributed by atoms with E-state index in [1.54, 1.807) is 26.3 Å². The summed E-state index contributed by atoms with van der Waals surface area (Å²) in [7, 11) is 3.35. The molecule has 3 rings (SSSR count). The summed E-state index contributed by atoms with van der Waals surface area (Å²) >= 11 is 0. The van der Waals surface area contributed by atoms with E-state index in [1.165, 1.54) is 6.07 Å². The molecule has 28 heavy (non-hydrogen) atoms. The fourth-order valence-corrected chi connectivity index (χ4v) is 2.75. The Hall–Kier alpha value is -3.35. The highest BCUT2D eigenvalue weighted by atomic mass is 19.1. The van der Waals surface area contributed by atoms with Crippen LogP contribution < -0.4 is 15.4 Å². The van der Waals surface area contributed by atoms with Crippen molar-refractivity contribution in [2.45, 2.75) is 13.0 Å². The zero-order valence-corrected chi connectivity index (χ0v) is 16.0. The van der Waals surface area contributed by atoms with Crippen LogP contribution in [0.2, 0.25) is 0 Å². The summed E-state index contributed by atoms with van der Waals surface area (Å²) in [5.74, 6) is 1.27. The van der Waals surface area contributed by atoms with Gasteiger partial charge < -0.3 is 15.4 Å². The van der Waals surface area contributed by atoms with Gasteiger partial charge in [0, 0.05) is 19.8 Å². The Bertz CT molecular complexity index is 921. The van der Waals surface area contributed by atoms with Crippen molar-refractivity contribution < 1.29 is 9.13 Å². The first kappa shape index (κ1) is 19.4. The van der Waals surface area contributed by atoms with Crippen LogP contribution in [0, 0.1) is 5.82 Å². The van der Waals surface area contributed by atoms with E-state index in [0.717, 1.165) is 17.1 Å². The van der Waals surface area contributed by atoms with Crippen molar-refractivity contribution in [3.8, 4) is 11.4 Å². The maximum Gasteiger partial charge on any atom is 0.191 e.